The van der Waals surface area contributed by atoms with Crippen molar-refractivity contribution in [2.45, 2.75) is 84.2 Å². The van der Waals surface area contributed by atoms with Crippen LogP contribution in [0.15, 0.2) is 23.2 Å². The zero-order valence-electron chi connectivity index (χ0n) is 21.8. The summed E-state index contributed by atoms with van der Waals surface area (Å²) in [6.07, 6.45) is -0.848. The van der Waals surface area contributed by atoms with E-state index in [2.05, 4.69) is 44.2 Å². The summed E-state index contributed by atoms with van der Waals surface area (Å²) in [4.78, 5) is 31.8. The van der Waals surface area contributed by atoms with Gasteiger partial charge in [0.25, 0.3) is 0 Å². The fourth-order valence-electron chi connectivity index (χ4n) is 3.29. The minimum Gasteiger partial charge on any atom is -0.444 e. The van der Waals surface area contributed by atoms with Gasteiger partial charge in [0.1, 0.15) is 5.60 Å². The van der Waals surface area contributed by atoms with Crippen LogP contribution in [0.1, 0.15) is 60.5 Å². The molecular formula is C24H39FN4O4Si. The van der Waals surface area contributed by atoms with Crippen molar-refractivity contribution in [3.05, 3.63) is 29.6 Å². The summed E-state index contributed by atoms with van der Waals surface area (Å²) in [5.74, 6) is -0.953. The molecule has 1 aliphatic heterocycles. The minimum atomic E-state index is -2.05. The Bertz CT molecular complexity index is 969. The Labute approximate surface area is 203 Å². The number of aliphatic imine (C=N–C) groups is 1. The molecule has 0 saturated carbocycles. The van der Waals surface area contributed by atoms with Crippen molar-refractivity contribution >= 4 is 32.0 Å². The third-order valence-electron chi connectivity index (χ3n) is 6.21. The molecule has 0 fully saturated rings. The van der Waals surface area contributed by atoms with Gasteiger partial charge in [-0.1, -0.05) is 32.9 Å². The number of alkyl carbamates (subject to hydrolysis) is 1. The van der Waals surface area contributed by atoms with E-state index in [1.807, 2.05) is 0 Å². The van der Waals surface area contributed by atoms with Gasteiger partial charge in [-0.25, -0.2) is 14.2 Å². The molecule has 34 heavy (non-hydrogen) atoms. The zero-order chi connectivity index (χ0) is 26.1. The molecule has 1 aromatic carbocycles. The Kier molecular flexibility index (Phi) is 7.89. The molecular weight excluding hydrogens is 455 g/mol. The normalized spacial score (nSPS) is 19.6. The highest BCUT2D eigenvalue weighted by Gasteiger charge is 2.42. The van der Waals surface area contributed by atoms with Crippen LogP contribution in [0.4, 0.5) is 14.9 Å². The van der Waals surface area contributed by atoms with Gasteiger partial charge in [-0.3, -0.25) is 15.0 Å². The fraction of sp³-hybridized carbons (Fsp3) is 0.625. The molecule has 1 heterocycles. The second kappa shape index (κ2) is 9.65. The third kappa shape index (κ3) is 6.56. The molecule has 0 unspecified atom stereocenters. The average Bonchev–Trinajstić information content (AvgIpc) is 2.63. The topological polar surface area (TPSA) is 106 Å². The Morgan fingerprint density at radius 3 is 2.44 bits per heavy atom. The first-order valence-corrected chi connectivity index (χ1v) is 14.4. The molecule has 1 aromatic rings. The van der Waals surface area contributed by atoms with E-state index in [0.717, 1.165) is 0 Å². The smallest absolute Gasteiger partial charge is 0.414 e. The lowest BCUT2D eigenvalue weighted by Crippen LogP contribution is -2.55. The molecule has 1 aliphatic rings. The van der Waals surface area contributed by atoms with Crippen molar-refractivity contribution in [1.29, 1.82) is 0 Å². The van der Waals surface area contributed by atoms with E-state index in [4.69, 9.17) is 14.9 Å². The number of hydrogen-bond acceptors (Lipinski definition) is 6. The van der Waals surface area contributed by atoms with Crippen molar-refractivity contribution in [2.75, 3.05) is 18.9 Å². The standard InChI is InChI=1S/C24H39FN4O4Si/c1-22(2,3)33-21(31)27-20-28-24(7,16-11-10-12-17(26)19(16)25)15-18(30)29(20)13-14-32-34(8,9)23(4,5)6/h10-12H,13-15,26H2,1-9H3,(H,27,28,31)/t24-/m0/s1. The summed E-state index contributed by atoms with van der Waals surface area (Å²) >= 11 is 0. The van der Waals surface area contributed by atoms with Crippen molar-refractivity contribution in [3.63, 3.8) is 0 Å². The number of hydrogen-bond donors (Lipinski definition) is 2. The number of nitrogens with two attached hydrogens (primary N) is 1. The first-order chi connectivity index (χ1) is 15.4. The monoisotopic (exact) mass is 494 g/mol. The van der Waals surface area contributed by atoms with Crippen molar-refractivity contribution in [2.24, 2.45) is 4.99 Å². The highest BCUT2D eigenvalue weighted by Crippen LogP contribution is 2.38. The van der Waals surface area contributed by atoms with Crippen LogP contribution < -0.4 is 11.1 Å². The Morgan fingerprint density at radius 1 is 1.26 bits per heavy atom. The second-order valence-corrected chi connectivity index (χ2v) is 16.2. The lowest BCUT2D eigenvalue weighted by Gasteiger charge is -2.39. The molecule has 190 valence electrons. The number of amides is 2. The molecule has 3 N–H and O–H groups in total. The molecule has 0 spiro atoms. The van der Waals surface area contributed by atoms with Gasteiger partial charge in [0.05, 0.1) is 30.8 Å². The molecule has 0 radical (unpaired) electrons. The summed E-state index contributed by atoms with van der Waals surface area (Å²) in [5.41, 5.74) is 3.90. The second-order valence-electron chi connectivity index (χ2n) is 11.4. The lowest BCUT2D eigenvalue weighted by atomic mass is 9.87. The highest BCUT2D eigenvalue weighted by atomic mass is 28.4. The molecule has 0 aromatic heterocycles. The van der Waals surface area contributed by atoms with Crippen LogP contribution in [-0.4, -0.2) is 49.9 Å². The Balaban J connectivity index is 2.39. The van der Waals surface area contributed by atoms with E-state index in [1.54, 1.807) is 39.8 Å². The van der Waals surface area contributed by atoms with Gasteiger partial charge in [-0.15, -0.1) is 0 Å². The molecule has 2 amide bonds. The number of guanidine groups is 1. The van der Waals surface area contributed by atoms with Crippen LogP contribution in [0.5, 0.6) is 0 Å². The number of ether oxygens (including phenoxy) is 1. The van der Waals surface area contributed by atoms with E-state index in [1.165, 1.54) is 11.0 Å². The number of halogens is 1. The number of anilines is 1. The van der Waals surface area contributed by atoms with Gasteiger partial charge in [-0.2, -0.15) is 0 Å². The van der Waals surface area contributed by atoms with Gasteiger partial charge >= 0.3 is 6.09 Å². The molecule has 8 nitrogen and oxygen atoms in total. The summed E-state index contributed by atoms with van der Waals surface area (Å²) in [6, 6.07) is 4.60. The number of carbonyl (C=O) groups excluding carboxylic acids is 2. The molecule has 2 rings (SSSR count). The fourth-order valence-corrected chi connectivity index (χ4v) is 4.33. The highest BCUT2D eigenvalue weighted by molar-refractivity contribution is 6.74. The first kappa shape index (κ1) is 27.8. The minimum absolute atomic E-state index is 0.00587. The summed E-state index contributed by atoms with van der Waals surface area (Å²) in [6.45, 7) is 18.0. The summed E-state index contributed by atoms with van der Waals surface area (Å²) < 4.78 is 26.4. The van der Waals surface area contributed by atoms with E-state index < -0.39 is 31.4 Å². The average molecular weight is 495 g/mol. The van der Waals surface area contributed by atoms with E-state index in [0.29, 0.717) is 0 Å². The van der Waals surface area contributed by atoms with Gasteiger partial charge < -0.3 is 14.9 Å². The maximum atomic E-state index is 14.9. The summed E-state index contributed by atoms with van der Waals surface area (Å²) in [7, 11) is -2.05. The maximum absolute atomic E-state index is 14.9. The van der Waals surface area contributed by atoms with E-state index >= 15 is 0 Å². The van der Waals surface area contributed by atoms with Crippen LogP contribution in [0.3, 0.4) is 0 Å². The Hall–Kier alpha value is -2.46. The van der Waals surface area contributed by atoms with Crippen LogP contribution in [0.2, 0.25) is 18.1 Å². The molecule has 0 saturated heterocycles. The largest absolute Gasteiger partial charge is 0.444 e. The van der Waals surface area contributed by atoms with Gasteiger partial charge in [0, 0.05) is 5.56 Å². The number of nitrogens with one attached hydrogen (secondary N) is 1. The quantitative estimate of drug-likeness (QED) is 0.453. The zero-order valence-corrected chi connectivity index (χ0v) is 22.8. The molecule has 0 aliphatic carbocycles. The van der Waals surface area contributed by atoms with Crippen molar-refractivity contribution in [3.8, 4) is 0 Å². The van der Waals surface area contributed by atoms with Crippen molar-refractivity contribution in [1.82, 2.24) is 10.2 Å². The maximum Gasteiger partial charge on any atom is 0.414 e. The van der Waals surface area contributed by atoms with Crippen LogP contribution in [0.25, 0.3) is 0 Å². The first-order valence-electron chi connectivity index (χ1n) is 11.4. The van der Waals surface area contributed by atoms with Crippen LogP contribution >= 0.6 is 0 Å². The van der Waals surface area contributed by atoms with Gasteiger partial charge in [0.2, 0.25) is 11.9 Å². The van der Waals surface area contributed by atoms with Gasteiger partial charge in [-0.05, 0) is 51.9 Å². The predicted octanol–water partition coefficient (Wildman–Crippen LogP) is 4.76. The van der Waals surface area contributed by atoms with E-state index in [-0.39, 0.29) is 47.7 Å². The molecule has 1 atom stereocenters. The molecule has 0 bridgehead atoms. The van der Waals surface area contributed by atoms with Crippen LogP contribution in [0, 0.1) is 5.82 Å². The van der Waals surface area contributed by atoms with Crippen LogP contribution in [-0.2, 0) is 19.5 Å². The summed E-state index contributed by atoms with van der Waals surface area (Å²) in [5, 5.41) is 2.60. The molecule has 10 heteroatoms. The number of nitrogen functional groups attached to an aromatic ring is 1. The van der Waals surface area contributed by atoms with E-state index in [9.17, 15) is 14.0 Å². The Morgan fingerprint density at radius 2 is 1.88 bits per heavy atom. The number of carbonyl (C=O) groups is 2. The third-order valence-corrected chi connectivity index (χ3v) is 10.7. The predicted molar refractivity (Wildman–Crippen MR) is 134 cm³/mol. The number of rotatable bonds is 5. The van der Waals surface area contributed by atoms with Crippen molar-refractivity contribution < 1.29 is 23.1 Å². The van der Waals surface area contributed by atoms with Gasteiger partial charge in [0.15, 0.2) is 14.1 Å². The number of nitrogens with zero attached hydrogens (tertiary/aromatic N) is 2. The lowest BCUT2D eigenvalue weighted by molar-refractivity contribution is -0.130. The number of benzene rings is 1. The SMILES string of the molecule is CC(C)(C)OC(=O)NC1=N[C@](C)(c2cccc(N)c2F)CC(=O)N1CCO[Si](C)(C)C(C)(C)C.